The summed E-state index contributed by atoms with van der Waals surface area (Å²) in [6.07, 6.45) is 4.70. The third-order valence-corrected chi connectivity index (χ3v) is 4.01. The van der Waals surface area contributed by atoms with Gasteiger partial charge in [0.1, 0.15) is 5.75 Å². The Morgan fingerprint density at radius 2 is 1.89 bits per heavy atom. The summed E-state index contributed by atoms with van der Waals surface area (Å²) < 4.78 is 32.8. The maximum absolute atomic E-state index is 14.2. The first-order valence-electron chi connectivity index (χ1n) is 6.37. The quantitative estimate of drug-likeness (QED) is 0.900. The van der Waals surface area contributed by atoms with E-state index in [0.717, 1.165) is 38.2 Å². The Kier molecular flexibility index (Phi) is 3.85. The van der Waals surface area contributed by atoms with Crippen LogP contribution in [0.5, 0.6) is 5.75 Å². The molecule has 1 aromatic rings. The zero-order valence-corrected chi connectivity index (χ0v) is 10.6. The summed E-state index contributed by atoms with van der Waals surface area (Å²) in [7, 11) is 1.48. The van der Waals surface area contributed by atoms with Gasteiger partial charge >= 0.3 is 0 Å². The van der Waals surface area contributed by atoms with E-state index in [-0.39, 0.29) is 0 Å². The SMILES string of the molecule is COc1ccc(F)c(F)c1C1(CN)CCCCC1. The molecule has 4 heteroatoms. The van der Waals surface area contributed by atoms with Gasteiger partial charge in [0.25, 0.3) is 0 Å². The highest BCUT2D eigenvalue weighted by atomic mass is 19.2. The van der Waals surface area contributed by atoms with Crippen LogP contribution >= 0.6 is 0 Å². The summed E-state index contributed by atoms with van der Waals surface area (Å²) in [5, 5.41) is 0. The normalized spacial score (nSPS) is 18.7. The maximum Gasteiger partial charge on any atom is 0.166 e. The second kappa shape index (κ2) is 5.22. The van der Waals surface area contributed by atoms with E-state index in [1.807, 2.05) is 0 Å². The van der Waals surface area contributed by atoms with Crippen molar-refractivity contribution >= 4 is 0 Å². The highest BCUT2D eigenvalue weighted by Gasteiger charge is 2.38. The summed E-state index contributed by atoms with van der Waals surface area (Å²) >= 11 is 0. The van der Waals surface area contributed by atoms with Crippen molar-refractivity contribution in [1.82, 2.24) is 0 Å². The molecule has 0 radical (unpaired) electrons. The second-order valence-electron chi connectivity index (χ2n) is 4.98. The highest BCUT2D eigenvalue weighted by molar-refractivity contribution is 5.42. The molecular formula is C14H19F2NO. The standard InChI is InChI=1S/C14H19F2NO/c1-18-11-6-5-10(15)13(16)12(11)14(9-17)7-3-2-4-8-14/h5-6H,2-4,7-9,17H2,1H3. The predicted molar refractivity (Wildman–Crippen MR) is 66.7 cm³/mol. The molecule has 2 rings (SSSR count). The van der Waals surface area contributed by atoms with Gasteiger partial charge in [0.2, 0.25) is 0 Å². The van der Waals surface area contributed by atoms with Gasteiger partial charge in [-0.2, -0.15) is 0 Å². The van der Waals surface area contributed by atoms with Crippen molar-refractivity contribution in [2.75, 3.05) is 13.7 Å². The van der Waals surface area contributed by atoms with Crippen molar-refractivity contribution in [3.05, 3.63) is 29.3 Å². The lowest BCUT2D eigenvalue weighted by Gasteiger charge is -2.37. The fourth-order valence-corrected chi connectivity index (χ4v) is 2.98. The number of benzene rings is 1. The second-order valence-corrected chi connectivity index (χ2v) is 4.98. The van der Waals surface area contributed by atoms with Gasteiger partial charge in [-0.15, -0.1) is 0 Å². The van der Waals surface area contributed by atoms with Crippen LogP contribution in [0.1, 0.15) is 37.7 Å². The highest BCUT2D eigenvalue weighted by Crippen LogP contribution is 2.44. The minimum absolute atomic E-state index is 0.323. The van der Waals surface area contributed by atoms with Gasteiger partial charge in [-0.05, 0) is 25.0 Å². The zero-order chi connectivity index (χ0) is 13.2. The van der Waals surface area contributed by atoms with Crippen molar-refractivity contribution in [3.63, 3.8) is 0 Å². The molecule has 0 bridgehead atoms. The van der Waals surface area contributed by atoms with Crippen LogP contribution in [-0.4, -0.2) is 13.7 Å². The van der Waals surface area contributed by atoms with Gasteiger partial charge in [0.15, 0.2) is 11.6 Å². The molecule has 0 saturated heterocycles. The average molecular weight is 255 g/mol. The average Bonchev–Trinajstić information content (AvgIpc) is 2.42. The van der Waals surface area contributed by atoms with Gasteiger partial charge in [-0.3, -0.25) is 0 Å². The Morgan fingerprint density at radius 1 is 1.22 bits per heavy atom. The maximum atomic E-state index is 14.2. The van der Waals surface area contributed by atoms with E-state index in [1.165, 1.54) is 13.2 Å². The first kappa shape index (κ1) is 13.3. The van der Waals surface area contributed by atoms with E-state index in [2.05, 4.69) is 0 Å². The van der Waals surface area contributed by atoms with Gasteiger partial charge in [0, 0.05) is 17.5 Å². The molecule has 0 unspecified atom stereocenters. The van der Waals surface area contributed by atoms with Crippen molar-refractivity contribution in [2.24, 2.45) is 5.73 Å². The lowest BCUT2D eigenvalue weighted by molar-refractivity contribution is 0.274. The van der Waals surface area contributed by atoms with E-state index in [1.54, 1.807) is 0 Å². The largest absolute Gasteiger partial charge is 0.496 e. The van der Waals surface area contributed by atoms with Crippen LogP contribution in [-0.2, 0) is 5.41 Å². The van der Waals surface area contributed by atoms with Gasteiger partial charge in [-0.1, -0.05) is 19.3 Å². The molecule has 0 spiro atoms. The summed E-state index contributed by atoms with van der Waals surface area (Å²) in [6.45, 7) is 0.323. The van der Waals surface area contributed by atoms with E-state index in [9.17, 15) is 8.78 Å². The molecule has 1 aliphatic rings. The predicted octanol–water partition coefficient (Wildman–Crippen LogP) is 3.13. The molecular weight excluding hydrogens is 236 g/mol. The molecule has 0 aliphatic heterocycles. The van der Waals surface area contributed by atoms with E-state index >= 15 is 0 Å². The van der Waals surface area contributed by atoms with Gasteiger partial charge < -0.3 is 10.5 Å². The van der Waals surface area contributed by atoms with Crippen molar-refractivity contribution in [1.29, 1.82) is 0 Å². The van der Waals surface area contributed by atoms with Crippen LogP contribution in [0, 0.1) is 11.6 Å². The monoisotopic (exact) mass is 255 g/mol. The number of halogens is 2. The number of methoxy groups -OCH3 is 1. The molecule has 100 valence electrons. The van der Waals surface area contributed by atoms with E-state index < -0.39 is 17.0 Å². The molecule has 2 nitrogen and oxygen atoms in total. The lowest BCUT2D eigenvalue weighted by Crippen LogP contribution is -2.38. The number of rotatable bonds is 3. The molecule has 2 N–H and O–H groups in total. The molecule has 1 fully saturated rings. The molecule has 1 aromatic carbocycles. The Balaban J connectivity index is 2.56. The number of nitrogens with two attached hydrogens (primary N) is 1. The van der Waals surface area contributed by atoms with Gasteiger partial charge in [0.05, 0.1) is 7.11 Å². The topological polar surface area (TPSA) is 35.2 Å². The fraction of sp³-hybridized carbons (Fsp3) is 0.571. The first-order chi connectivity index (χ1) is 8.64. The first-order valence-corrected chi connectivity index (χ1v) is 6.37. The van der Waals surface area contributed by atoms with E-state index in [4.69, 9.17) is 10.5 Å². The Bertz CT molecular complexity index is 428. The van der Waals surface area contributed by atoms with Crippen LogP contribution in [0.4, 0.5) is 8.78 Å². The zero-order valence-electron chi connectivity index (χ0n) is 10.6. The molecule has 18 heavy (non-hydrogen) atoms. The number of hydrogen-bond donors (Lipinski definition) is 1. The van der Waals surface area contributed by atoms with Gasteiger partial charge in [-0.25, -0.2) is 8.78 Å². The fourth-order valence-electron chi connectivity index (χ4n) is 2.98. The smallest absolute Gasteiger partial charge is 0.166 e. The molecule has 0 aromatic heterocycles. The van der Waals surface area contributed by atoms with Crippen LogP contribution in [0.15, 0.2) is 12.1 Å². The van der Waals surface area contributed by atoms with Crippen LogP contribution < -0.4 is 10.5 Å². The van der Waals surface area contributed by atoms with Crippen molar-refractivity contribution in [2.45, 2.75) is 37.5 Å². The third-order valence-electron chi connectivity index (χ3n) is 4.01. The van der Waals surface area contributed by atoms with Crippen LogP contribution in [0.2, 0.25) is 0 Å². The third kappa shape index (κ3) is 2.09. The van der Waals surface area contributed by atoms with Crippen molar-refractivity contribution in [3.8, 4) is 5.75 Å². The molecule has 0 heterocycles. The van der Waals surface area contributed by atoms with Crippen LogP contribution in [0.3, 0.4) is 0 Å². The summed E-state index contributed by atoms with van der Waals surface area (Å²) in [5.74, 6) is -1.23. The molecule has 0 amide bonds. The molecule has 1 saturated carbocycles. The number of ether oxygens (including phenoxy) is 1. The summed E-state index contributed by atoms with van der Waals surface area (Å²) in [5.41, 5.74) is 5.72. The van der Waals surface area contributed by atoms with E-state index in [0.29, 0.717) is 17.9 Å². The molecule has 1 aliphatic carbocycles. The Morgan fingerprint density at radius 3 is 2.44 bits per heavy atom. The summed E-state index contributed by atoms with van der Waals surface area (Å²) in [6, 6.07) is 2.59. The lowest BCUT2D eigenvalue weighted by atomic mass is 9.69. The molecule has 0 atom stereocenters. The Hall–Kier alpha value is -1.16. The minimum atomic E-state index is -0.829. The van der Waals surface area contributed by atoms with Crippen molar-refractivity contribution < 1.29 is 13.5 Å². The minimum Gasteiger partial charge on any atom is -0.496 e. The number of hydrogen-bond acceptors (Lipinski definition) is 2. The van der Waals surface area contributed by atoms with Crippen LogP contribution in [0.25, 0.3) is 0 Å². The Labute approximate surface area is 106 Å². The summed E-state index contributed by atoms with van der Waals surface area (Å²) in [4.78, 5) is 0.